The van der Waals surface area contributed by atoms with Crippen LogP contribution in [0.1, 0.15) is 18.1 Å². The first-order chi connectivity index (χ1) is 12.7. The lowest BCUT2D eigenvalue weighted by atomic mass is 10.1. The number of nitrogens with zero attached hydrogens (tertiary/aromatic N) is 1. The molecule has 3 heteroatoms. The largest absolute Gasteiger partial charge is 0.481 e. The van der Waals surface area contributed by atoms with E-state index in [-0.39, 0.29) is 5.91 Å². The molecule has 132 valence electrons. The molecule has 1 amide bonds. The Kier molecular flexibility index (Phi) is 6.05. The molecule has 3 aromatic carbocycles. The van der Waals surface area contributed by atoms with Crippen molar-refractivity contribution in [2.75, 3.05) is 0 Å². The zero-order chi connectivity index (χ0) is 18.2. The van der Waals surface area contributed by atoms with Crippen LogP contribution in [0.15, 0.2) is 91.0 Å². The summed E-state index contributed by atoms with van der Waals surface area (Å²) in [5, 5.41) is 0. The Hall–Kier alpha value is -3.07. The number of hydrogen-bond donors (Lipinski definition) is 0. The van der Waals surface area contributed by atoms with Crippen LogP contribution < -0.4 is 4.74 Å². The third-order valence-electron chi connectivity index (χ3n) is 4.15. The maximum atomic E-state index is 13.1. The molecule has 0 radical (unpaired) electrons. The molecule has 0 bridgehead atoms. The van der Waals surface area contributed by atoms with E-state index in [1.165, 1.54) is 0 Å². The summed E-state index contributed by atoms with van der Waals surface area (Å²) >= 11 is 0. The van der Waals surface area contributed by atoms with Crippen LogP contribution >= 0.6 is 0 Å². The summed E-state index contributed by atoms with van der Waals surface area (Å²) in [6.45, 7) is 2.91. The highest BCUT2D eigenvalue weighted by atomic mass is 16.5. The molecule has 0 aliphatic heterocycles. The zero-order valence-corrected chi connectivity index (χ0v) is 14.9. The van der Waals surface area contributed by atoms with Crippen molar-refractivity contribution in [2.45, 2.75) is 26.1 Å². The van der Waals surface area contributed by atoms with Gasteiger partial charge in [0.2, 0.25) is 0 Å². The summed E-state index contributed by atoms with van der Waals surface area (Å²) in [6, 6.07) is 29.5. The molecule has 0 heterocycles. The van der Waals surface area contributed by atoms with Crippen molar-refractivity contribution in [1.29, 1.82) is 0 Å². The first kappa shape index (κ1) is 17.7. The Morgan fingerprint density at radius 2 is 1.19 bits per heavy atom. The van der Waals surface area contributed by atoms with E-state index in [2.05, 4.69) is 0 Å². The summed E-state index contributed by atoms with van der Waals surface area (Å²) in [6.07, 6.45) is -0.551. The Labute approximate surface area is 154 Å². The number of para-hydroxylation sites is 1. The topological polar surface area (TPSA) is 29.5 Å². The summed E-state index contributed by atoms with van der Waals surface area (Å²) in [5.41, 5.74) is 2.20. The maximum absolute atomic E-state index is 13.1. The van der Waals surface area contributed by atoms with E-state index in [4.69, 9.17) is 4.74 Å². The van der Waals surface area contributed by atoms with Gasteiger partial charge in [-0.3, -0.25) is 4.79 Å². The third kappa shape index (κ3) is 4.96. The van der Waals surface area contributed by atoms with Crippen LogP contribution in [0.5, 0.6) is 5.75 Å². The second-order valence-electron chi connectivity index (χ2n) is 6.24. The molecule has 1 unspecified atom stereocenters. The maximum Gasteiger partial charge on any atom is 0.263 e. The van der Waals surface area contributed by atoms with E-state index >= 15 is 0 Å². The van der Waals surface area contributed by atoms with Gasteiger partial charge >= 0.3 is 0 Å². The standard InChI is InChI=1S/C23H23NO2/c1-19(26-22-15-9-4-10-16-22)23(25)24(17-20-11-5-2-6-12-20)18-21-13-7-3-8-14-21/h2-16,19H,17-18H2,1H3. The van der Waals surface area contributed by atoms with Crippen LogP contribution in [0.25, 0.3) is 0 Å². The second-order valence-corrected chi connectivity index (χ2v) is 6.24. The molecule has 0 aliphatic rings. The number of rotatable bonds is 7. The molecular weight excluding hydrogens is 322 g/mol. The van der Waals surface area contributed by atoms with E-state index in [9.17, 15) is 4.79 Å². The van der Waals surface area contributed by atoms with Crippen LogP contribution in [0.2, 0.25) is 0 Å². The summed E-state index contributed by atoms with van der Waals surface area (Å²) in [4.78, 5) is 14.9. The van der Waals surface area contributed by atoms with Crippen molar-refractivity contribution < 1.29 is 9.53 Å². The van der Waals surface area contributed by atoms with Crippen molar-refractivity contribution in [3.8, 4) is 5.75 Å². The predicted octanol–water partition coefficient (Wildman–Crippen LogP) is 4.68. The Morgan fingerprint density at radius 1 is 0.769 bits per heavy atom. The lowest BCUT2D eigenvalue weighted by molar-refractivity contribution is -0.139. The van der Waals surface area contributed by atoms with E-state index < -0.39 is 6.10 Å². The highest BCUT2D eigenvalue weighted by Crippen LogP contribution is 2.16. The third-order valence-corrected chi connectivity index (χ3v) is 4.15. The molecule has 26 heavy (non-hydrogen) atoms. The van der Waals surface area contributed by atoms with Gasteiger partial charge in [-0.25, -0.2) is 0 Å². The first-order valence-corrected chi connectivity index (χ1v) is 8.81. The minimum absolute atomic E-state index is 0.0263. The predicted molar refractivity (Wildman–Crippen MR) is 104 cm³/mol. The summed E-state index contributed by atoms with van der Waals surface area (Å²) in [5.74, 6) is 0.675. The van der Waals surface area contributed by atoms with Gasteiger partial charge in [0.1, 0.15) is 5.75 Å². The SMILES string of the molecule is CC(Oc1ccccc1)C(=O)N(Cc1ccccc1)Cc1ccccc1. The van der Waals surface area contributed by atoms with Crippen molar-refractivity contribution in [3.05, 3.63) is 102 Å². The van der Waals surface area contributed by atoms with Crippen LogP contribution in [0.3, 0.4) is 0 Å². The van der Waals surface area contributed by atoms with Crippen molar-refractivity contribution >= 4 is 5.91 Å². The monoisotopic (exact) mass is 345 g/mol. The van der Waals surface area contributed by atoms with Crippen LogP contribution in [0.4, 0.5) is 0 Å². The first-order valence-electron chi connectivity index (χ1n) is 8.81. The zero-order valence-electron chi connectivity index (χ0n) is 14.9. The van der Waals surface area contributed by atoms with Gasteiger partial charge in [-0.2, -0.15) is 0 Å². The molecule has 0 aliphatic carbocycles. The lowest BCUT2D eigenvalue weighted by Gasteiger charge is -2.26. The molecule has 0 N–H and O–H groups in total. The normalized spacial score (nSPS) is 11.6. The fraction of sp³-hybridized carbons (Fsp3) is 0.174. The number of carbonyl (C=O) groups excluding carboxylic acids is 1. The van der Waals surface area contributed by atoms with Gasteiger partial charge in [-0.1, -0.05) is 78.9 Å². The molecular formula is C23H23NO2. The molecule has 1 atom stereocenters. The number of ether oxygens (including phenoxy) is 1. The number of amides is 1. The van der Waals surface area contributed by atoms with Gasteiger partial charge < -0.3 is 9.64 Å². The molecule has 0 saturated carbocycles. The number of hydrogen-bond acceptors (Lipinski definition) is 2. The summed E-state index contributed by atoms with van der Waals surface area (Å²) < 4.78 is 5.84. The van der Waals surface area contributed by atoms with Crippen molar-refractivity contribution in [1.82, 2.24) is 4.90 Å². The molecule has 3 rings (SSSR count). The molecule has 0 spiro atoms. The van der Waals surface area contributed by atoms with Gasteiger partial charge in [0, 0.05) is 13.1 Å². The molecule has 3 nitrogen and oxygen atoms in total. The molecule has 0 aromatic heterocycles. The van der Waals surface area contributed by atoms with Crippen LogP contribution in [0, 0.1) is 0 Å². The number of carbonyl (C=O) groups is 1. The van der Waals surface area contributed by atoms with Gasteiger partial charge in [-0.15, -0.1) is 0 Å². The van der Waals surface area contributed by atoms with E-state index in [0.717, 1.165) is 11.1 Å². The molecule has 0 saturated heterocycles. The van der Waals surface area contributed by atoms with Crippen LogP contribution in [-0.2, 0) is 17.9 Å². The average molecular weight is 345 g/mol. The fourth-order valence-corrected chi connectivity index (χ4v) is 2.83. The highest BCUT2D eigenvalue weighted by molar-refractivity contribution is 5.81. The number of benzene rings is 3. The summed E-state index contributed by atoms with van der Waals surface area (Å²) in [7, 11) is 0. The Balaban J connectivity index is 1.75. The van der Waals surface area contributed by atoms with Gasteiger partial charge in [0.15, 0.2) is 6.10 Å². The quantitative estimate of drug-likeness (QED) is 0.622. The highest BCUT2D eigenvalue weighted by Gasteiger charge is 2.22. The van der Waals surface area contributed by atoms with E-state index in [1.807, 2.05) is 95.9 Å². The smallest absolute Gasteiger partial charge is 0.263 e. The molecule has 3 aromatic rings. The Bertz CT molecular complexity index is 762. The van der Waals surface area contributed by atoms with E-state index in [0.29, 0.717) is 18.8 Å². The fourth-order valence-electron chi connectivity index (χ4n) is 2.83. The van der Waals surface area contributed by atoms with Gasteiger partial charge in [0.25, 0.3) is 5.91 Å². The van der Waals surface area contributed by atoms with Gasteiger partial charge in [-0.05, 0) is 30.2 Å². The lowest BCUT2D eigenvalue weighted by Crippen LogP contribution is -2.39. The minimum atomic E-state index is -0.551. The van der Waals surface area contributed by atoms with Gasteiger partial charge in [0.05, 0.1) is 0 Å². The van der Waals surface area contributed by atoms with Crippen molar-refractivity contribution in [3.63, 3.8) is 0 Å². The van der Waals surface area contributed by atoms with E-state index in [1.54, 1.807) is 6.92 Å². The van der Waals surface area contributed by atoms with Crippen LogP contribution in [-0.4, -0.2) is 16.9 Å². The second kappa shape index (κ2) is 8.86. The minimum Gasteiger partial charge on any atom is -0.481 e. The average Bonchev–Trinajstić information content (AvgIpc) is 2.69. The Morgan fingerprint density at radius 3 is 1.65 bits per heavy atom. The van der Waals surface area contributed by atoms with Crippen molar-refractivity contribution in [2.24, 2.45) is 0 Å². The molecule has 0 fully saturated rings.